The molecule has 0 radical (unpaired) electrons. The number of carbonyl (C=O) groups excluding carboxylic acids is 1. The summed E-state index contributed by atoms with van der Waals surface area (Å²) in [6.45, 7) is 7.66. The fourth-order valence-electron chi connectivity index (χ4n) is 5.74. The monoisotopic (exact) mass is 498 g/mol. The lowest BCUT2D eigenvalue weighted by atomic mass is 9.77. The number of nitrogens with zero attached hydrogens (tertiary/aromatic N) is 4. The fraction of sp³-hybridized carbons (Fsp3) is 0.448. The van der Waals surface area contributed by atoms with E-state index in [0.29, 0.717) is 24.0 Å². The quantitative estimate of drug-likeness (QED) is 0.439. The maximum absolute atomic E-state index is 12.2. The number of fused-ring (bicyclic) bond motifs is 2. The number of pyridine rings is 2. The first-order valence-corrected chi connectivity index (χ1v) is 12.8. The van der Waals surface area contributed by atoms with Gasteiger partial charge in [0.05, 0.1) is 24.1 Å². The Bertz CT molecular complexity index is 1260. The molecule has 8 heteroatoms. The number of amides is 1. The lowest BCUT2D eigenvalue weighted by Gasteiger charge is -2.42. The van der Waals surface area contributed by atoms with Crippen molar-refractivity contribution in [3.8, 4) is 35.3 Å². The van der Waals surface area contributed by atoms with Crippen molar-refractivity contribution >= 4 is 17.3 Å². The van der Waals surface area contributed by atoms with Crippen molar-refractivity contribution in [3.63, 3.8) is 0 Å². The van der Waals surface area contributed by atoms with E-state index in [4.69, 9.17) is 21.9 Å². The molecule has 3 atom stereocenters. The van der Waals surface area contributed by atoms with E-state index in [9.17, 15) is 10.1 Å². The number of nitrogens with one attached hydrogen (secondary N) is 1. The summed E-state index contributed by atoms with van der Waals surface area (Å²) in [5.41, 5.74) is 7.69. The number of terminal acetylenes is 1. The highest BCUT2D eigenvalue weighted by Gasteiger charge is 2.46. The third-order valence-corrected chi connectivity index (χ3v) is 7.77. The number of nitriles is 1. The summed E-state index contributed by atoms with van der Waals surface area (Å²) in [7, 11) is 0. The van der Waals surface area contributed by atoms with Crippen LogP contribution in [-0.2, 0) is 4.79 Å². The zero-order chi connectivity index (χ0) is 26.6. The molecule has 2 fully saturated rings. The second kappa shape index (κ2) is 10.9. The molecule has 2 aromatic heterocycles. The van der Waals surface area contributed by atoms with Gasteiger partial charge >= 0.3 is 0 Å². The van der Waals surface area contributed by atoms with Crippen LogP contribution in [0.25, 0.3) is 16.7 Å². The van der Waals surface area contributed by atoms with Crippen LogP contribution in [0.1, 0.15) is 52.1 Å². The van der Waals surface area contributed by atoms with Gasteiger partial charge in [-0.3, -0.25) is 9.78 Å². The number of carbonyl (C=O) groups is 1. The van der Waals surface area contributed by atoms with Gasteiger partial charge < -0.3 is 20.7 Å². The Labute approximate surface area is 218 Å². The molecular weight excluding hydrogens is 464 g/mol. The van der Waals surface area contributed by atoms with E-state index >= 15 is 0 Å². The minimum Gasteiger partial charge on any atom is -0.492 e. The molecule has 2 bridgehead atoms. The first-order chi connectivity index (χ1) is 17.8. The van der Waals surface area contributed by atoms with Crippen molar-refractivity contribution in [2.45, 2.75) is 58.0 Å². The van der Waals surface area contributed by atoms with Crippen LogP contribution in [0, 0.1) is 35.5 Å². The zero-order valence-electron chi connectivity index (χ0n) is 21.7. The average Bonchev–Trinajstić information content (AvgIpc) is 3.20. The highest BCUT2D eigenvalue weighted by molar-refractivity contribution is 5.93. The van der Waals surface area contributed by atoms with E-state index in [1.165, 1.54) is 6.20 Å². The highest BCUT2D eigenvalue weighted by atomic mass is 16.5. The molecular formula is C29H34N6O2. The number of rotatable bonds is 7. The van der Waals surface area contributed by atoms with Crippen LogP contribution in [0.4, 0.5) is 5.82 Å². The lowest BCUT2D eigenvalue weighted by Crippen LogP contribution is -2.55. The largest absolute Gasteiger partial charge is 0.492 e. The van der Waals surface area contributed by atoms with Gasteiger partial charge in [0.15, 0.2) is 0 Å². The predicted octanol–water partition coefficient (Wildman–Crippen LogP) is 3.89. The molecule has 1 aliphatic heterocycles. The summed E-state index contributed by atoms with van der Waals surface area (Å²) >= 11 is 0. The molecule has 3 unspecified atom stereocenters. The normalized spacial score (nSPS) is 23.2. The van der Waals surface area contributed by atoms with Gasteiger partial charge in [-0.05, 0) is 68.6 Å². The molecule has 8 nitrogen and oxygen atoms in total. The average molecular weight is 499 g/mol. The number of nitrogens with two attached hydrogens (primary N) is 1. The van der Waals surface area contributed by atoms with E-state index in [-0.39, 0.29) is 29.0 Å². The van der Waals surface area contributed by atoms with Crippen molar-refractivity contribution in [2.75, 3.05) is 18.1 Å². The molecule has 0 spiro atoms. The molecule has 3 N–H and O–H groups in total. The Balaban J connectivity index is 1.64. The van der Waals surface area contributed by atoms with Crippen LogP contribution >= 0.6 is 0 Å². The summed E-state index contributed by atoms with van der Waals surface area (Å²) in [5.74, 6) is 4.20. The minimum absolute atomic E-state index is 0.259. The van der Waals surface area contributed by atoms with Crippen molar-refractivity contribution < 1.29 is 9.53 Å². The van der Waals surface area contributed by atoms with Gasteiger partial charge in [0.25, 0.3) is 5.91 Å². The van der Waals surface area contributed by atoms with Crippen LogP contribution in [0.2, 0.25) is 0 Å². The molecule has 2 aliphatic rings. The van der Waals surface area contributed by atoms with Gasteiger partial charge in [0.2, 0.25) is 0 Å². The van der Waals surface area contributed by atoms with E-state index < -0.39 is 0 Å². The van der Waals surface area contributed by atoms with E-state index in [0.717, 1.165) is 49.2 Å². The van der Waals surface area contributed by atoms with Crippen LogP contribution in [-0.4, -0.2) is 40.6 Å². The van der Waals surface area contributed by atoms with Gasteiger partial charge in [0, 0.05) is 41.6 Å². The molecule has 3 heterocycles. The standard InChI is InChI=1S/C29H34N6O2/c1-5-27(36)34-29(19(3)4)10-9-20-11-23(13-29)35(18-20)26-8-7-21(16-32-26)25-12-24(37-6-2)17-33-28(25)22(14-30)15-31/h1,7-8,12,14,16-17,19-20,23H,6,9-11,13,18,30H2,2-4H3,(H,34,36). The second-order valence-electron chi connectivity index (χ2n) is 10.2. The van der Waals surface area contributed by atoms with Crippen LogP contribution in [0.3, 0.4) is 0 Å². The molecule has 1 saturated carbocycles. The van der Waals surface area contributed by atoms with Gasteiger partial charge in [0.1, 0.15) is 17.6 Å². The Kier molecular flexibility index (Phi) is 7.69. The molecule has 0 aromatic carbocycles. The minimum atomic E-state index is -0.345. The van der Waals surface area contributed by atoms with Gasteiger partial charge in [-0.15, -0.1) is 6.42 Å². The van der Waals surface area contributed by atoms with Crippen LogP contribution < -0.4 is 20.7 Å². The van der Waals surface area contributed by atoms with E-state index in [1.54, 1.807) is 6.20 Å². The first-order valence-electron chi connectivity index (χ1n) is 12.8. The number of anilines is 1. The Hall–Kier alpha value is -4.04. The molecule has 1 aliphatic carbocycles. The number of allylic oxidation sites excluding steroid dienone is 1. The summed E-state index contributed by atoms with van der Waals surface area (Å²) < 4.78 is 5.64. The molecule has 192 valence electrons. The summed E-state index contributed by atoms with van der Waals surface area (Å²) in [6, 6.07) is 8.24. The lowest BCUT2D eigenvalue weighted by molar-refractivity contribution is -0.118. The Morgan fingerprint density at radius 1 is 1.41 bits per heavy atom. The topological polar surface area (TPSA) is 117 Å². The predicted molar refractivity (Wildman–Crippen MR) is 144 cm³/mol. The van der Waals surface area contributed by atoms with Crippen LogP contribution in [0.15, 0.2) is 36.8 Å². The fourth-order valence-corrected chi connectivity index (χ4v) is 5.74. The van der Waals surface area contributed by atoms with E-state index in [2.05, 4.69) is 41.0 Å². The molecule has 37 heavy (non-hydrogen) atoms. The highest BCUT2D eigenvalue weighted by Crippen LogP contribution is 2.43. The molecule has 1 saturated heterocycles. The molecule has 2 aromatic rings. The van der Waals surface area contributed by atoms with Gasteiger partial charge in [-0.25, -0.2) is 4.98 Å². The van der Waals surface area contributed by atoms with Crippen LogP contribution in [0.5, 0.6) is 5.75 Å². The summed E-state index contributed by atoms with van der Waals surface area (Å²) in [5, 5.41) is 12.7. The number of aromatic nitrogens is 2. The maximum Gasteiger partial charge on any atom is 0.296 e. The van der Waals surface area contributed by atoms with E-state index in [1.807, 2.05) is 31.3 Å². The van der Waals surface area contributed by atoms with Crippen molar-refractivity contribution in [1.82, 2.24) is 15.3 Å². The number of ether oxygens (including phenoxy) is 1. The number of hydrogen-bond acceptors (Lipinski definition) is 7. The first kappa shape index (κ1) is 26.0. The van der Waals surface area contributed by atoms with Crippen molar-refractivity contribution in [1.29, 1.82) is 5.26 Å². The molecule has 1 amide bonds. The second-order valence-corrected chi connectivity index (χ2v) is 10.2. The zero-order valence-corrected chi connectivity index (χ0v) is 21.7. The molecule has 4 rings (SSSR count). The summed E-state index contributed by atoms with van der Waals surface area (Å²) in [6.07, 6.45) is 13.9. The SMILES string of the molecule is C#CC(=O)NC1(C(C)C)CCC2CC(C1)N(c1ccc(-c3cc(OCC)cnc3C(C#N)=CN)cn1)C2. The Morgan fingerprint density at radius 3 is 2.84 bits per heavy atom. The Morgan fingerprint density at radius 2 is 2.22 bits per heavy atom. The summed E-state index contributed by atoms with van der Waals surface area (Å²) in [4.78, 5) is 23.8. The van der Waals surface area contributed by atoms with Crippen molar-refractivity contribution in [3.05, 3.63) is 42.5 Å². The third kappa shape index (κ3) is 5.24. The van der Waals surface area contributed by atoms with Gasteiger partial charge in [-0.2, -0.15) is 5.26 Å². The van der Waals surface area contributed by atoms with Crippen molar-refractivity contribution in [2.24, 2.45) is 17.6 Å². The van der Waals surface area contributed by atoms with Gasteiger partial charge in [-0.1, -0.05) is 13.8 Å². The third-order valence-electron chi connectivity index (χ3n) is 7.77. The maximum atomic E-state index is 12.2. The number of hydrogen-bond donors (Lipinski definition) is 2. The smallest absolute Gasteiger partial charge is 0.296 e.